The van der Waals surface area contributed by atoms with Gasteiger partial charge in [0.15, 0.2) is 6.61 Å². The molecular weight excluding hydrogens is 301 g/mol. The maximum atomic E-state index is 12.9. The minimum Gasteiger partial charge on any atom is -0.507 e. The van der Waals surface area contributed by atoms with Crippen LogP contribution in [0.25, 0.3) is 0 Å². The molecule has 0 aliphatic carbocycles. The summed E-state index contributed by atoms with van der Waals surface area (Å²) in [5, 5.41) is 9.57. The Labute approximate surface area is 132 Å². The Bertz CT molecular complexity index is 700. The van der Waals surface area contributed by atoms with Gasteiger partial charge in [-0.2, -0.15) is 0 Å². The molecule has 0 saturated carbocycles. The summed E-state index contributed by atoms with van der Waals surface area (Å²) >= 11 is 0. The van der Waals surface area contributed by atoms with Crippen LogP contribution in [0.2, 0.25) is 0 Å². The molecule has 6 heteroatoms. The summed E-state index contributed by atoms with van der Waals surface area (Å²) in [5.74, 6) is -1.84. The lowest BCUT2D eigenvalue weighted by atomic mass is 10.2. The lowest BCUT2D eigenvalue weighted by molar-refractivity contribution is -0.121. The average Bonchev–Trinajstić information content (AvgIpc) is 2.55. The van der Waals surface area contributed by atoms with E-state index in [0.29, 0.717) is 12.2 Å². The number of carbonyl (C=O) groups excluding carboxylic acids is 2. The zero-order valence-corrected chi connectivity index (χ0v) is 12.5. The summed E-state index contributed by atoms with van der Waals surface area (Å²) in [6.07, 6.45) is 0. The van der Waals surface area contributed by atoms with Gasteiger partial charge >= 0.3 is 5.97 Å². The van der Waals surface area contributed by atoms with Crippen molar-refractivity contribution >= 4 is 17.6 Å². The number of benzene rings is 2. The topological polar surface area (TPSA) is 66.8 Å². The Morgan fingerprint density at radius 2 is 1.78 bits per heavy atom. The van der Waals surface area contributed by atoms with Crippen LogP contribution in [0.5, 0.6) is 5.75 Å². The largest absolute Gasteiger partial charge is 0.507 e. The fraction of sp³-hybridized carbons (Fsp3) is 0.176. The first-order chi connectivity index (χ1) is 11.0. The second-order valence-electron chi connectivity index (χ2n) is 4.71. The van der Waals surface area contributed by atoms with E-state index in [9.17, 15) is 19.1 Å². The van der Waals surface area contributed by atoms with Gasteiger partial charge in [-0.15, -0.1) is 0 Å². The van der Waals surface area contributed by atoms with Crippen LogP contribution in [0.1, 0.15) is 17.3 Å². The van der Waals surface area contributed by atoms with Crippen molar-refractivity contribution in [2.24, 2.45) is 0 Å². The molecule has 0 unspecified atom stereocenters. The highest BCUT2D eigenvalue weighted by molar-refractivity contribution is 5.97. The minimum absolute atomic E-state index is 0.00914. The van der Waals surface area contributed by atoms with E-state index in [1.807, 2.05) is 0 Å². The summed E-state index contributed by atoms with van der Waals surface area (Å²) in [6.45, 7) is 1.63. The first-order valence-corrected chi connectivity index (χ1v) is 7.04. The molecule has 2 rings (SSSR count). The van der Waals surface area contributed by atoms with Crippen LogP contribution in [0, 0.1) is 5.82 Å². The Kier molecular flexibility index (Phi) is 5.30. The van der Waals surface area contributed by atoms with E-state index in [0.717, 1.165) is 0 Å². The van der Waals surface area contributed by atoms with E-state index >= 15 is 0 Å². The van der Waals surface area contributed by atoms with E-state index in [2.05, 4.69) is 0 Å². The third-order valence-corrected chi connectivity index (χ3v) is 3.21. The van der Waals surface area contributed by atoms with Crippen LogP contribution in [0.3, 0.4) is 0 Å². The van der Waals surface area contributed by atoms with E-state index in [-0.39, 0.29) is 11.3 Å². The number of hydrogen-bond acceptors (Lipinski definition) is 4. The zero-order valence-electron chi connectivity index (χ0n) is 12.5. The van der Waals surface area contributed by atoms with Crippen LogP contribution >= 0.6 is 0 Å². The van der Waals surface area contributed by atoms with Crippen molar-refractivity contribution in [2.45, 2.75) is 6.92 Å². The predicted octanol–water partition coefficient (Wildman–Crippen LogP) is 2.74. The van der Waals surface area contributed by atoms with E-state index in [1.54, 1.807) is 19.1 Å². The van der Waals surface area contributed by atoms with Gasteiger partial charge < -0.3 is 14.7 Å². The highest BCUT2D eigenvalue weighted by Gasteiger charge is 2.18. The molecule has 23 heavy (non-hydrogen) atoms. The summed E-state index contributed by atoms with van der Waals surface area (Å²) in [6, 6.07) is 11.4. The van der Waals surface area contributed by atoms with Gasteiger partial charge in [0, 0.05) is 12.2 Å². The molecule has 120 valence electrons. The van der Waals surface area contributed by atoms with Gasteiger partial charge in [-0.3, -0.25) is 4.79 Å². The van der Waals surface area contributed by atoms with Crippen molar-refractivity contribution in [1.82, 2.24) is 0 Å². The van der Waals surface area contributed by atoms with Crippen molar-refractivity contribution in [3.63, 3.8) is 0 Å². The zero-order chi connectivity index (χ0) is 16.8. The highest BCUT2D eigenvalue weighted by atomic mass is 19.1. The van der Waals surface area contributed by atoms with Gasteiger partial charge in [0.25, 0.3) is 5.91 Å². The molecule has 1 amide bonds. The molecule has 2 aromatic rings. The number of esters is 1. The van der Waals surface area contributed by atoms with Gasteiger partial charge in [0.2, 0.25) is 0 Å². The summed E-state index contributed by atoms with van der Waals surface area (Å²) in [5.41, 5.74) is 0.502. The quantitative estimate of drug-likeness (QED) is 0.861. The van der Waals surface area contributed by atoms with Crippen LogP contribution in [0.15, 0.2) is 48.5 Å². The number of para-hydroxylation sites is 1. The summed E-state index contributed by atoms with van der Waals surface area (Å²) < 4.78 is 17.9. The molecule has 1 N–H and O–H groups in total. The third-order valence-electron chi connectivity index (χ3n) is 3.21. The predicted molar refractivity (Wildman–Crippen MR) is 82.8 cm³/mol. The maximum Gasteiger partial charge on any atom is 0.342 e. The number of rotatable bonds is 5. The van der Waals surface area contributed by atoms with E-state index in [1.165, 1.54) is 41.3 Å². The lowest BCUT2D eigenvalue weighted by Gasteiger charge is -2.20. The maximum absolute atomic E-state index is 12.9. The second kappa shape index (κ2) is 7.40. The molecule has 0 fully saturated rings. The summed E-state index contributed by atoms with van der Waals surface area (Å²) in [4.78, 5) is 25.4. The molecule has 0 aliphatic heterocycles. The Morgan fingerprint density at radius 3 is 2.39 bits per heavy atom. The summed E-state index contributed by atoms with van der Waals surface area (Å²) in [7, 11) is 0. The fourth-order valence-corrected chi connectivity index (χ4v) is 2.05. The van der Waals surface area contributed by atoms with Gasteiger partial charge in [0.05, 0.1) is 0 Å². The third kappa shape index (κ3) is 4.06. The first kappa shape index (κ1) is 16.5. The molecule has 0 bridgehead atoms. The molecule has 0 atom stereocenters. The number of carbonyl (C=O) groups is 2. The van der Waals surface area contributed by atoms with Crippen LogP contribution in [-0.4, -0.2) is 30.1 Å². The number of anilines is 1. The Morgan fingerprint density at radius 1 is 1.13 bits per heavy atom. The average molecular weight is 317 g/mol. The highest BCUT2D eigenvalue weighted by Crippen LogP contribution is 2.18. The van der Waals surface area contributed by atoms with Crippen molar-refractivity contribution < 1.29 is 23.8 Å². The smallest absolute Gasteiger partial charge is 0.342 e. The SMILES string of the molecule is CCN(C(=O)COC(=O)c1ccccc1O)c1ccc(F)cc1. The molecule has 0 aromatic heterocycles. The number of phenols is 1. The molecule has 0 saturated heterocycles. The fourth-order valence-electron chi connectivity index (χ4n) is 2.05. The van der Waals surface area contributed by atoms with Gasteiger partial charge in [-0.25, -0.2) is 9.18 Å². The standard InChI is InChI=1S/C17H16FNO4/c1-2-19(13-9-7-12(18)8-10-13)16(21)11-23-17(22)14-5-3-4-6-15(14)20/h3-10,20H,2,11H2,1H3. The second-order valence-corrected chi connectivity index (χ2v) is 4.71. The Hall–Kier alpha value is -2.89. The molecule has 0 heterocycles. The normalized spacial score (nSPS) is 10.2. The van der Waals surface area contributed by atoms with Gasteiger partial charge in [-0.05, 0) is 43.3 Å². The number of aromatic hydroxyl groups is 1. The lowest BCUT2D eigenvalue weighted by Crippen LogP contribution is -2.34. The molecule has 0 aliphatic rings. The number of halogens is 1. The molecule has 5 nitrogen and oxygen atoms in total. The number of phenolic OH excluding ortho intramolecular Hbond substituents is 1. The van der Waals surface area contributed by atoms with Crippen LogP contribution in [0.4, 0.5) is 10.1 Å². The Balaban J connectivity index is 2.01. The van der Waals surface area contributed by atoms with E-state index in [4.69, 9.17) is 4.74 Å². The van der Waals surface area contributed by atoms with Crippen molar-refractivity contribution in [3.8, 4) is 5.75 Å². The van der Waals surface area contributed by atoms with Crippen molar-refractivity contribution in [3.05, 3.63) is 59.9 Å². The number of nitrogens with zero attached hydrogens (tertiary/aromatic N) is 1. The number of hydrogen-bond donors (Lipinski definition) is 1. The molecule has 0 radical (unpaired) electrons. The van der Waals surface area contributed by atoms with Crippen molar-refractivity contribution in [2.75, 3.05) is 18.1 Å². The minimum atomic E-state index is -0.786. The van der Waals surface area contributed by atoms with Crippen LogP contribution in [-0.2, 0) is 9.53 Å². The van der Waals surface area contributed by atoms with Gasteiger partial charge in [0.1, 0.15) is 17.1 Å². The van der Waals surface area contributed by atoms with Crippen molar-refractivity contribution in [1.29, 1.82) is 0 Å². The van der Waals surface area contributed by atoms with Crippen LogP contribution < -0.4 is 4.90 Å². The monoisotopic (exact) mass is 317 g/mol. The molecule has 0 spiro atoms. The number of likely N-dealkylation sites (N-methyl/N-ethyl adjacent to an activating group) is 1. The first-order valence-electron chi connectivity index (χ1n) is 7.04. The van der Waals surface area contributed by atoms with E-state index < -0.39 is 24.3 Å². The number of amides is 1. The van der Waals surface area contributed by atoms with Gasteiger partial charge in [-0.1, -0.05) is 12.1 Å². The molecule has 2 aromatic carbocycles. The number of ether oxygens (including phenoxy) is 1. The molecular formula is C17H16FNO4.